The van der Waals surface area contributed by atoms with Crippen molar-refractivity contribution in [2.24, 2.45) is 5.10 Å². The Morgan fingerprint density at radius 3 is 2.34 bits per heavy atom. The highest BCUT2D eigenvalue weighted by atomic mass is 16.5. The van der Waals surface area contributed by atoms with E-state index < -0.39 is 5.91 Å². The number of nitrogens with zero attached hydrogens (tertiary/aromatic N) is 2. The van der Waals surface area contributed by atoms with Crippen LogP contribution in [0.15, 0.2) is 47.6 Å². The van der Waals surface area contributed by atoms with Crippen molar-refractivity contribution >= 4 is 12.1 Å². The first-order chi connectivity index (χ1) is 15.6. The van der Waals surface area contributed by atoms with Crippen molar-refractivity contribution in [1.82, 2.24) is 15.6 Å². The second-order valence-electron chi connectivity index (χ2n) is 6.70. The van der Waals surface area contributed by atoms with Gasteiger partial charge in [0.05, 0.1) is 39.8 Å². The third-order valence-electron chi connectivity index (χ3n) is 4.51. The number of methoxy groups -OCH3 is 3. The van der Waals surface area contributed by atoms with Gasteiger partial charge in [0, 0.05) is 11.1 Å². The molecule has 32 heavy (non-hydrogen) atoms. The number of amides is 1. The topological polar surface area (TPSA) is 107 Å². The molecular formula is C23H26N4O5. The number of nitrogens with one attached hydrogen (secondary N) is 2. The smallest absolute Gasteiger partial charge is 0.289 e. The van der Waals surface area contributed by atoms with Gasteiger partial charge in [-0.3, -0.25) is 9.89 Å². The lowest BCUT2D eigenvalue weighted by atomic mass is 10.1. The minimum Gasteiger partial charge on any atom is -0.494 e. The first-order valence-electron chi connectivity index (χ1n) is 10.0. The van der Waals surface area contributed by atoms with E-state index in [0.29, 0.717) is 35.1 Å². The van der Waals surface area contributed by atoms with E-state index in [0.717, 1.165) is 17.7 Å². The molecule has 0 saturated heterocycles. The molecule has 0 saturated carbocycles. The summed E-state index contributed by atoms with van der Waals surface area (Å²) >= 11 is 0. The van der Waals surface area contributed by atoms with E-state index in [2.05, 4.69) is 27.6 Å². The molecule has 2 N–H and O–H groups in total. The quantitative estimate of drug-likeness (QED) is 0.370. The van der Waals surface area contributed by atoms with Crippen LogP contribution in [0.5, 0.6) is 23.0 Å². The molecule has 0 radical (unpaired) electrons. The predicted molar refractivity (Wildman–Crippen MR) is 121 cm³/mol. The van der Waals surface area contributed by atoms with Crippen molar-refractivity contribution < 1.29 is 23.7 Å². The van der Waals surface area contributed by atoms with Crippen molar-refractivity contribution in [3.8, 4) is 34.3 Å². The standard InChI is InChI=1S/C23H26N4O5/c1-5-10-32-17-8-6-16(7-9-17)18-13-19(26-25-18)23(28)27-24-14-15-11-20(29-2)22(31-4)21(12-15)30-3/h6-9,11-14H,5,10H2,1-4H3,(H,25,26)(H,27,28). The van der Waals surface area contributed by atoms with E-state index in [1.54, 1.807) is 18.2 Å². The Balaban J connectivity index is 1.66. The zero-order chi connectivity index (χ0) is 22.9. The molecule has 9 heteroatoms. The number of hydrogen-bond acceptors (Lipinski definition) is 7. The molecule has 1 heterocycles. The molecular weight excluding hydrogens is 412 g/mol. The minimum absolute atomic E-state index is 0.286. The van der Waals surface area contributed by atoms with E-state index >= 15 is 0 Å². The Bertz CT molecular complexity index is 1050. The number of ether oxygens (including phenoxy) is 4. The van der Waals surface area contributed by atoms with E-state index in [1.165, 1.54) is 27.5 Å². The second-order valence-corrected chi connectivity index (χ2v) is 6.70. The van der Waals surface area contributed by atoms with Crippen molar-refractivity contribution in [3.63, 3.8) is 0 Å². The fraction of sp³-hybridized carbons (Fsp3) is 0.261. The highest BCUT2D eigenvalue weighted by molar-refractivity contribution is 5.94. The van der Waals surface area contributed by atoms with Crippen LogP contribution in [0.1, 0.15) is 29.4 Å². The summed E-state index contributed by atoms with van der Waals surface area (Å²) in [6, 6.07) is 12.6. The van der Waals surface area contributed by atoms with Gasteiger partial charge in [0.25, 0.3) is 5.91 Å². The maximum absolute atomic E-state index is 12.4. The number of rotatable bonds is 10. The molecule has 0 spiro atoms. The zero-order valence-electron chi connectivity index (χ0n) is 18.5. The average molecular weight is 438 g/mol. The molecule has 0 aliphatic carbocycles. The van der Waals surface area contributed by atoms with Gasteiger partial charge in [0.15, 0.2) is 11.5 Å². The van der Waals surface area contributed by atoms with Gasteiger partial charge in [-0.15, -0.1) is 0 Å². The third-order valence-corrected chi connectivity index (χ3v) is 4.51. The fourth-order valence-corrected chi connectivity index (χ4v) is 2.93. The lowest BCUT2D eigenvalue weighted by Gasteiger charge is -2.12. The number of aromatic nitrogens is 2. The molecule has 0 atom stereocenters. The summed E-state index contributed by atoms with van der Waals surface area (Å²) in [6.07, 6.45) is 2.43. The predicted octanol–water partition coefficient (Wildman–Crippen LogP) is 3.66. The molecule has 3 aromatic rings. The Kier molecular flexibility index (Phi) is 7.69. The largest absolute Gasteiger partial charge is 0.494 e. The summed E-state index contributed by atoms with van der Waals surface area (Å²) in [5.74, 6) is 1.83. The summed E-state index contributed by atoms with van der Waals surface area (Å²) < 4.78 is 21.5. The van der Waals surface area contributed by atoms with Gasteiger partial charge in [-0.1, -0.05) is 6.92 Å². The molecule has 0 fully saturated rings. The lowest BCUT2D eigenvalue weighted by Crippen LogP contribution is -2.18. The van der Waals surface area contributed by atoms with Crippen LogP contribution in [-0.4, -0.2) is 50.3 Å². The van der Waals surface area contributed by atoms with Gasteiger partial charge < -0.3 is 18.9 Å². The van der Waals surface area contributed by atoms with Crippen LogP contribution in [0.4, 0.5) is 0 Å². The zero-order valence-corrected chi connectivity index (χ0v) is 18.5. The first kappa shape index (κ1) is 22.7. The van der Waals surface area contributed by atoms with Gasteiger partial charge >= 0.3 is 0 Å². The Hall–Kier alpha value is -4.01. The lowest BCUT2D eigenvalue weighted by molar-refractivity contribution is 0.0950. The van der Waals surface area contributed by atoms with Crippen LogP contribution >= 0.6 is 0 Å². The van der Waals surface area contributed by atoms with Crippen LogP contribution in [0, 0.1) is 0 Å². The second kappa shape index (κ2) is 10.9. The summed E-state index contributed by atoms with van der Waals surface area (Å²) in [6.45, 7) is 2.72. The molecule has 0 bridgehead atoms. The molecule has 168 valence electrons. The SMILES string of the molecule is CCCOc1ccc(-c2cc(C(=O)NN=Cc3cc(OC)c(OC)c(OC)c3)[nH]n2)cc1. The van der Waals surface area contributed by atoms with Gasteiger partial charge in [0.1, 0.15) is 11.4 Å². The Labute approximate surface area is 186 Å². The Morgan fingerprint density at radius 1 is 1.06 bits per heavy atom. The molecule has 1 aromatic heterocycles. The first-order valence-corrected chi connectivity index (χ1v) is 10.0. The van der Waals surface area contributed by atoms with Crippen LogP contribution in [-0.2, 0) is 0 Å². The number of carbonyl (C=O) groups is 1. The van der Waals surface area contributed by atoms with Gasteiger partial charge in [-0.25, -0.2) is 5.43 Å². The number of aromatic amines is 1. The molecule has 2 aromatic carbocycles. The van der Waals surface area contributed by atoms with Crippen molar-refractivity contribution in [2.75, 3.05) is 27.9 Å². The Morgan fingerprint density at radius 2 is 1.75 bits per heavy atom. The van der Waals surface area contributed by atoms with Crippen LogP contribution in [0.2, 0.25) is 0 Å². The molecule has 3 rings (SSSR count). The van der Waals surface area contributed by atoms with Crippen LogP contribution in [0.25, 0.3) is 11.3 Å². The van der Waals surface area contributed by atoms with Gasteiger partial charge in [-0.05, 0) is 48.9 Å². The summed E-state index contributed by atoms with van der Waals surface area (Å²) in [7, 11) is 4.59. The number of H-pyrrole nitrogens is 1. The third kappa shape index (κ3) is 5.37. The summed E-state index contributed by atoms with van der Waals surface area (Å²) in [5.41, 5.74) is 4.93. The number of carbonyl (C=O) groups excluding carboxylic acids is 1. The fourth-order valence-electron chi connectivity index (χ4n) is 2.93. The van der Waals surface area contributed by atoms with Crippen LogP contribution < -0.4 is 24.4 Å². The molecule has 1 amide bonds. The molecule has 9 nitrogen and oxygen atoms in total. The molecule has 0 aliphatic rings. The van der Waals surface area contributed by atoms with Crippen molar-refractivity contribution in [2.45, 2.75) is 13.3 Å². The van der Waals surface area contributed by atoms with Gasteiger partial charge in [0.2, 0.25) is 5.75 Å². The van der Waals surface area contributed by atoms with Crippen LogP contribution in [0.3, 0.4) is 0 Å². The summed E-state index contributed by atoms with van der Waals surface area (Å²) in [5, 5.41) is 10.9. The number of hydrogen-bond donors (Lipinski definition) is 2. The number of hydrazone groups is 1. The van der Waals surface area contributed by atoms with E-state index in [9.17, 15) is 4.79 Å². The highest BCUT2D eigenvalue weighted by Gasteiger charge is 2.13. The minimum atomic E-state index is -0.421. The summed E-state index contributed by atoms with van der Waals surface area (Å²) in [4.78, 5) is 12.4. The van der Waals surface area contributed by atoms with E-state index in [4.69, 9.17) is 18.9 Å². The number of benzene rings is 2. The van der Waals surface area contributed by atoms with Gasteiger partial charge in [-0.2, -0.15) is 10.2 Å². The highest BCUT2D eigenvalue weighted by Crippen LogP contribution is 2.37. The van der Waals surface area contributed by atoms with E-state index in [1.807, 2.05) is 24.3 Å². The van der Waals surface area contributed by atoms with Crippen molar-refractivity contribution in [1.29, 1.82) is 0 Å². The molecule has 0 unspecified atom stereocenters. The molecule has 0 aliphatic heterocycles. The monoisotopic (exact) mass is 438 g/mol. The maximum atomic E-state index is 12.4. The van der Waals surface area contributed by atoms with Crippen molar-refractivity contribution in [3.05, 3.63) is 53.7 Å². The average Bonchev–Trinajstić information content (AvgIpc) is 3.32. The van der Waals surface area contributed by atoms with E-state index in [-0.39, 0.29) is 5.69 Å². The maximum Gasteiger partial charge on any atom is 0.289 e. The normalized spacial score (nSPS) is 10.8.